The van der Waals surface area contributed by atoms with Crippen LogP contribution in [0.25, 0.3) is 0 Å². The molecule has 2 aromatic carbocycles. The fourth-order valence-corrected chi connectivity index (χ4v) is 2.26. The van der Waals surface area contributed by atoms with Crippen molar-refractivity contribution in [2.24, 2.45) is 0 Å². The molecule has 0 heterocycles. The summed E-state index contributed by atoms with van der Waals surface area (Å²) in [4.78, 5) is 25.8. The summed E-state index contributed by atoms with van der Waals surface area (Å²) >= 11 is 0. The number of rotatable bonds is 7. The van der Waals surface area contributed by atoms with Gasteiger partial charge in [-0.15, -0.1) is 0 Å². The molecule has 0 radical (unpaired) electrons. The quantitative estimate of drug-likeness (QED) is 0.839. The van der Waals surface area contributed by atoms with Crippen molar-refractivity contribution < 1.29 is 19.1 Å². The number of likely N-dealkylation sites (N-methyl/N-ethyl adjacent to an activating group) is 1. The van der Waals surface area contributed by atoms with Gasteiger partial charge in [-0.3, -0.25) is 9.59 Å². The van der Waals surface area contributed by atoms with E-state index < -0.39 is 0 Å². The van der Waals surface area contributed by atoms with Crippen LogP contribution in [0.5, 0.6) is 11.5 Å². The van der Waals surface area contributed by atoms with E-state index in [1.807, 2.05) is 12.1 Å². The van der Waals surface area contributed by atoms with Crippen molar-refractivity contribution in [2.75, 3.05) is 33.1 Å². The second-order valence-electron chi connectivity index (χ2n) is 5.55. The number of benzene rings is 2. The molecule has 0 spiro atoms. The third-order valence-corrected chi connectivity index (χ3v) is 3.67. The van der Waals surface area contributed by atoms with Gasteiger partial charge in [-0.2, -0.15) is 0 Å². The Hall–Kier alpha value is -3.02. The van der Waals surface area contributed by atoms with Crippen LogP contribution < -0.4 is 14.8 Å². The molecule has 0 unspecified atom stereocenters. The van der Waals surface area contributed by atoms with Crippen LogP contribution in [0.3, 0.4) is 0 Å². The summed E-state index contributed by atoms with van der Waals surface area (Å²) in [7, 11) is 4.76. The van der Waals surface area contributed by atoms with Crippen molar-refractivity contribution in [2.45, 2.75) is 6.42 Å². The first kappa shape index (κ1) is 18.3. The van der Waals surface area contributed by atoms with Gasteiger partial charge in [0.15, 0.2) is 0 Å². The Labute approximate surface area is 147 Å². The highest BCUT2D eigenvalue weighted by Gasteiger charge is 2.14. The monoisotopic (exact) mass is 342 g/mol. The third kappa shape index (κ3) is 5.53. The first-order valence-corrected chi connectivity index (χ1v) is 7.82. The molecule has 0 atom stereocenters. The summed E-state index contributed by atoms with van der Waals surface area (Å²) < 4.78 is 10.2. The number of carbonyl (C=O) groups is 2. The zero-order valence-corrected chi connectivity index (χ0v) is 14.6. The van der Waals surface area contributed by atoms with Crippen molar-refractivity contribution >= 4 is 17.5 Å². The zero-order valence-electron chi connectivity index (χ0n) is 14.6. The molecule has 0 fully saturated rings. The van der Waals surface area contributed by atoms with Crippen LogP contribution in [0.15, 0.2) is 48.5 Å². The van der Waals surface area contributed by atoms with E-state index in [1.165, 1.54) is 4.90 Å². The molecule has 2 rings (SSSR count). The Balaban J connectivity index is 1.87. The number of anilines is 1. The maximum absolute atomic E-state index is 12.2. The Morgan fingerprint density at radius 1 is 1.00 bits per heavy atom. The second-order valence-corrected chi connectivity index (χ2v) is 5.55. The van der Waals surface area contributed by atoms with Gasteiger partial charge in [0.25, 0.3) is 0 Å². The van der Waals surface area contributed by atoms with E-state index in [1.54, 1.807) is 57.7 Å². The van der Waals surface area contributed by atoms with E-state index >= 15 is 0 Å². The molecule has 0 saturated heterocycles. The van der Waals surface area contributed by atoms with Gasteiger partial charge in [-0.25, -0.2) is 0 Å². The van der Waals surface area contributed by atoms with Gasteiger partial charge in [0.2, 0.25) is 11.8 Å². The Bertz CT molecular complexity index is 728. The number of amides is 2. The minimum atomic E-state index is -0.265. The highest BCUT2D eigenvalue weighted by molar-refractivity contribution is 5.94. The van der Waals surface area contributed by atoms with E-state index in [2.05, 4.69) is 5.32 Å². The van der Waals surface area contributed by atoms with Crippen LogP contribution in [-0.2, 0) is 16.0 Å². The van der Waals surface area contributed by atoms with Gasteiger partial charge < -0.3 is 19.7 Å². The SMILES string of the molecule is COc1ccc(CC(=O)N(C)CC(=O)Nc2cccc(OC)c2)cc1. The summed E-state index contributed by atoms with van der Waals surface area (Å²) in [5, 5.41) is 2.75. The number of nitrogens with zero attached hydrogens (tertiary/aromatic N) is 1. The molecule has 0 aliphatic heterocycles. The minimum Gasteiger partial charge on any atom is -0.497 e. The molecule has 132 valence electrons. The molecule has 2 amide bonds. The molecule has 0 saturated carbocycles. The fraction of sp³-hybridized carbons (Fsp3) is 0.263. The number of carbonyl (C=O) groups excluding carboxylic acids is 2. The molecule has 6 nitrogen and oxygen atoms in total. The van der Waals surface area contributed by atoms with Gasteiger partial charge in [0.05, 0.1) is 27.2 Å². The average molecular weight is 342 g/mol. The lowest BCUT2D eigenvalue weighted by molar-refractivity contribution is -0.132. The molecule has 6 heteroatoms. The molecule has 0 aliphatic carbocycles. The Morgan fingerprint density at radius 2 is 1.68 bits per heavy atom. The first-order chi connectivity index (χ1) is 12.0. The smallest absolute Gasteiger partial charge is 0.243 e. The molecule has 0 bridgehead atoms. The molecule has 0 aromatic heterocycles. The van der Waals surface area contributed by atoms with Gasteiger partial charge in [-0.05, 0) is 29.8 Å². The van der Waals surface area contributed by atoms with Crippen molar-refractivity contribution in [3.05, 3.63) is 54.1 Å². The third-order valence-electron chi connectivity index (χ3n) is 3.67. The van der Waals surface area contributed by atoms with Crippen LogP contribution in [0, 0.1) is 0 Å². The number of nitrogens with one attached hydrogen (secondary N) is 1. The molecular formula is C19H22N2O4. The predicted molar refractivity (Wildman–Crippen MR) is 96.0 cm³/mol. The average Bonchev–Trinajstić information content (AvgIpc) is 2.62. The normalized spacial score (nSPS) is 10.0. The highest BCUT2D eigenvalue weighted by atomic mass is 16.5. The number of hydrogen-bond donors (Lipinski definition) is 1. The molecule has 1 N–H and O–H groups in total. The van der Waals surface area contributed by atoms with E-state index in [-0.39, 0.29) is 24.8 Å². The van der Waals surface area contributed by atoms with Crippen LogP contribution in [-0.4, -0.2) is 44.5 Å². The van der Waals surface area contributed by atoms with E-state index in [9.17, 15) is 9.59 Å². The lowest BCUT2D eigenvalue weighted by Gasteiger charge is -2.17. The standard InChI is InChI=1S/C19H22N2O4/c1-21(19(23)11-14-7-9-16(24-2)10-8-14)13-18(22)20-15-5-4-6-17(12-15)25-3/h4-10,12H,11,13H2,1-3H3,(H,20,22). The van der Waals surface area contributed by atoms with Gasteiger partial charge in [0, 0.05) is 18.8 Å². The van der Waals surface area contributed by atoms with Crippen LogP contribution >= 0.6 is 0 Å². The first-order valence-electron chi connectivity index (χ1n) is 7.82. The van der Waals surface area contributed by atoms with Crippen LogP contribution in [0.2, 0.25) is 0 Å². The molecule has 2 aromatic rings. The summed E-state index contributed by atoms with van der Waals surface area (Å²) in [5.74, 6) is 0.994. The Morgan fingerprint density at radius 3 is 2.32 bits per heavy atom. The summed E-state index contributed by atoms with van der Waals surface area (Å²) in [6.45, 7) is -0.0216. The highest BCUT2D eigenvalue weighted by Crippen LogP contribution is 2.16. The summed E-state index contributed by atoms with van der Waals surface area (Å²) in [6, 6.07) is 14.3. The van der Waals surface area contributed by atoms with Gasteiger partial charge in [0.1, 0.15) is 11.5 Å². The second kappa shape index (κ2) is 8.73. The van der Waals surface area contributed by atoms with Crippen LogP contribution in [0.1, 0.15) is 5.56 Å². The summed E-state index contributed by atoms with van der Waals surface area (Å²) in [5.41, 5.74) is 1.49. The predicted octanol–water partition coefficient (Wildman–Crippen LogP) is 2.34. The van der Waals surface area contributed by atoms with E-state index in [0.717, 1.165) is 11.3 Å². The maximum atomic E-state index is 12.2. The van der Waals surface area contributed by atoms with Crippen molar-refractivity contribution in [1.82, 2.24) is 4.90 Å². The van der Waals surface area contributed by atoms with Crippen molar-refractivity contribution in [3.8, 4) is 11.5 Å². The topological polar surface area (TPSA) is 67.9 Å². The molecule has 25 heavy (non-hydrogen) atoms. The van der Waals surface area contributed by atoms with Crippen molar-refractivity contribution in [1.29, 1.82) is 0 Å². The lowest BCUT2D eigenvalue weighted by atomic mass is 10.1. The fourth-order valence-electron chi connectivity index (χ4n) is 2.26. The minimum absolute atomic E-state index is 0.0216. The molecule has 0 aliphatic rings. The van der Waals surface area contributed by atoms with E-state index in [4.69, 9.17) is 9.47 Å². The van der Waals surface area contributed by atoms with Gasteiger partial charge >= 0.3 is 0 Å². The number of ether oxygens (including phenoxy) is 2. The van der Waals surface area contributed by atoms with Crippen molar-refractivity contribution in [3.63, 3.8) is 0 Å². The van der Waals surface area contributed by atoms with Gasteiger partial charge in [-0.1, -0.05) is 18.2 Å². The summed E-state index contributed by atoms with van der Waals surface area (Å²) in [6.07, 6.45) is 0.229. The Kier molecular flexibility index (Phi) is 6.39. The van der Waals surface area contributed by atoms with E-state index in [0.29, 0.717) is 11.4 Å². The number of methoxy groups -OCH3 is 2. The number of hydrogen-bond acceptors (Lipinski definition) is 4. The maximum Gasteiger partial charge on any atom is 0.243 e. The molecular weight excluding hydrogens is 320 g/mol. The largest absolute Gasteiger partial charge is 0.497 e. The van der Waals surface area contributed by atoms with Crippen LogP contribution in [0.4, 0.5) is 5.69 Å². The zero-order chi connectivity index (χ0) is 18.2. The lowest BCUT2D eigenvalue weighted by Crippen LogP contribution is -2.35.